The third-order valence-corrected chi connectivity index (χ3v) is 4.47. The number of rotatable bonds is 2. The molecule has 2 unspecified atom stereocenters. The molecule has 0 saturated carbocycles. The molecule has 0 aliphatic carbocycles. The van der Waals surface area contributed by atoms with E-state index >= 15 is 0 Å². The van der Waals surface area contributed by atoms with Gasteiger partial charge >= 0.3 is 0 Å². The Labute approximate surface area is 106 Å². The van der Waals surface area contributed by atoms with Crippen molar-refractivity contribution in [3.05, 3.63) is 18.2 Å². The van der Waals surface area contributed by atoms with E-state index in [0.717, 1.165) is 22.4 Å². The smallest absolute Gasteiger partial charge is 0.163 e. The van der Waals surface area contributed by atoms with Crippen LogP contribution in [-0.4, -0.2) is 30.3 Å². The maximum absolute atomic E-state index is 5.58. The molecule has 1 aromatic carbocycles. The first kappa shape index (κ1) is 11.1. The number of thioether (sulfide) groups is 1. The van der Waals surface area contributed by atoms with Gasteiger partial charge < -0.3 is 14.8 Å². The number of fused-ring (bicyclic) bond motifs is 1. The highest BCUT2D eigenvalue weighted by atomic mass is 32.2. The molecule has 2 aliphatic heterocycles. The number of ether oxygens (including phenoxy) is 2. The predicted octanol–water partition coefficient (Wildman–Crippen LogP) is 2.76. The summed E-state index contributed by atoms with van der Waals surface area (Å²) in [6.45, 7) is 3.58. The van der Waals surface area contributed by atoms with E-state index in [1.54, 1.807) is 0 Å². The van der Waals surface area contributed by atoms with Crippen molar-refractivity contribution in [3.8, 4) is 11.5 Å². The number of hydrogen-bond donors (Lipinski definition) is 1. The summed E-state index contributed by atoms with van der Waals surface area (Å²) in [7, 11) is 0. The third kappa shape index (κ3) is 2.46. The molecular weight excluding hydrogens is 234 g/mol. The molecule has 0 bridgehead atoms. The van der Waals surface area contributed by atoms with Crippen LogP contribution < -0.4 is 14.8 Å². The van der Waals surface area contributed by atoms with Crippen LogP contribution in [0, 0.1) is 0 Å². The van der Waals surface area contributed by atoms with Crippen LogP contribution in [0.5, 0.6) is 11.5 Å². The second kappa shape index (κ2) is 4.69. The molecule has 3 nitrogen and oxygen atoms in total. The first-order chi connectivity index (χ1) is 8.31. The van der Waals surface area contributed by atoms with E-state index < -0.39 is 0 Å². The van der Waals surface area contributed by atoms with Gasteiger partial charge in [0.05, 0.1) is 0 Å². The summed E-state index contributed by atoms with van der Waals surface area (Å²) in [5, 5.41) is 4.33. The van der Waals surface area contributed by atoms with Crippen LogP contribution in [0.1, 0.15) is 13.3 Å². The van der Waals surface area contributed by atoms with Crippen LogP contribution in [-0.2, 0) is 0 Å². The molecule has 0 aromatic heterocycles. The van der Waals surface area contributed by atoms with Crippen molar-refractivity contribution in [1.29, 1.82) is 0 Å². The molecule has 1 aromatic rings. The second-order valence-electron chi connectivity index (χ2n) is 4.58. The minimum Gasteiger partial charge on any atom is -0.486 e. The van der Waals surface area contributed by atoms with E-state index in [2.05, 4.69) is 18.3 Å². The maximum atomic E-state index is 5.58. The van der Waals surface area contributed by atoms with Gasteiger partial charge in [0, 0.05) is 28.8 Å². The molecule has 1 fully saturated rings. The van der Waals surface area contributed by atoms with Gasteiger partial charge in [-0.2, -0.15) is 11.8 Å². The van der Waals surface area contributed by atoms with Gasteiger partial charge in [-0.25, -0.2) is 0 Å². The predicted molar refractivity (Wildman–Crippen MR) is 71.4 cm³/mol. The van der Waals surface area contributed by atoms with Crippen molar-refractivity contribution in [3.63, 3.8) is 0 Å². The van der Waals surface area contributed by atoms with Crippen molar-refractivity contribution in [2.45, 2.75) is 24.6 Å². The van der Waals surface area contributed by atoms with Crippen molar-refractivity contribution >= 4 is 17.4 Å². The van der Waals surface area contributed by atoms with Crippen molar-refractivity contribution in [2.75, 3.05) is 24.3 Å². The fourth-order valence-electron chi connectivity index (χ4n) is 2.29. The first-order valence-electron chi connectivity index (χ1n) is 6.09. The zero-order chi connectivity index (χ0) is 11.7. The molecule has 1 saturated heterocycles. The van der Waals surface area contributed by atoms with Gasteiger partial charge in [-0.05, 0) is 18.6 Å². The first-order valence-corrected chi connectivity index (χ1v) is 7.14. The lowest BCUT2D eigenvalue weighted by Gasteiger charge is -2.20. The van der Waals surface area contributed by atoms with Crippen LogP contribution in [0.2, 0.25) is 0 Å². The van der Waals surface area contributed by atoms with Crippen LogP contribution in [0.3, 0.4) is 0 Å². The number of nitrogens with one attached hydrogen (secondary N) is 1. The van der Waals surface area contributed by atoms with E-state index in [0.29, 0.717) is 19.3 Å². The Hall–Kier alpha value is -1.03. The second-order valence-corrected chi connectivity index (χ2v) is 6.05. The van der Waals surface area contributed by atoms with Gasteiger partial charge in [-0.3, -0.25) is 0 Å². The Kier molecular flexibility index (Phi) is 3.05. The summed E-state index contributed by atoms with van der Waals surface area (Å²) in [6.07, 6.45) is 1.24. The number of benzene rings is 1. The highest BCUT2D eigenvalue weighted by molar-refractivity contribution is 8.00. The van der Waals surface area contributed by atoms with E-state index in [4.69, 9.17) is 9.47 Å². The van der Waals surface area contributed by atoms with Crippen LogP contribution in [0.4, 0.5) is 5.69 Å². The average molecular weight is 251 g/mol. The van der Waals surface area contributed by atoms with Crippen molar-refractivity contribution < 1.29 is 9.47 Å². The highest BCUT2D eigenvalue weighted by Gasteiger charge is 2.22. The quantitative estimate of drug-likeness (QED) is 0.875. The molecule has 1 N–H and O–H groups in total. The Bertz CT molecular complexity index is 410. The van der Waals surface area contributed by atoms with Crippen molar-refractivity contribution in [1.82, 2.24) is 0 Å². The van der Waals surface area contributed by atoms with E-state index in [9.17, 15) is 0 Å². The molecule has 0 amide bonds. The summed E-state index contributed by atoms with van der Waals surface area (Å²) >= 11 is 2.03. The normalized spacial score (nSPS) is 26.9. The molecule has 3 rings (SSSR count). The molecule has 2 atom stereocenters. The molecule has 0 spiro atoms. The van der Waals surface area contributed by atoms with Crippen LogP contribution >= 0.6 is 11.8 Å². The number of anilines is 1. The largest absolute Gasteiger partial charge is 0.486 e. The molecule has 2 aliphatic rings. The maximum Gasteiger partial charge on any atom is 0.163 e. The van der Waals surface area contributed by atoms with Gasteiger partial charge in [-0.15, -0.1) is 0 Å². The Morgan fingerprint density at radius 1 is 1.24 bits per heavy atom. The SMILES string of the molecule is CC1CC(Nc2ccc3c(c2)OCCO3)CS1. The molecule has 0 radical (unpaired) electrons. The standard InChI is InChI=1S/C13H17NO2S/c1-9-6-11(8-17-9)14-10-2-3-12-13(7-10)16-5-4-15-12/h2-3,7,9,11,14H,4-6,8H2,1H3. The molecule has 2 heterocycles. The van der Waals surface area contributed by atoms with Gasteiger partial charge in [0.25, 0.3) is 0 Å². The third-order valence-electron chi connectivity index (χ3n) is 3.11. The Morgan fingerprint density at radius 2 is 2.06 bits per heavy atom. The lowest BCUT2D eigenvalue weighted by Crippen LogP contribution is -2.19. The van der Waals surface area contributed by atoms with E-state index in [-0.39, 0.29) is 0 Å². The van der Waals surface area contributed by atoms with Gasteiger partial charge in [-0.1, -0.05) is 6.92 Å². The molecule has 92 valence electrons. The Morgan fingerprint density at radius 3 is 2.82 bits per heavy atom. The fourth-order valence-corrected chi connectivity index (χ4v) is 3.44. The van der Waals surface area contributed by atoms with Crippen LogP contribution in [0.25, 0.3) is 0 Å². The van der Waals surface area contributed by atoms with Gasteiger partial charge in [0.1, 0.15) is 13.2 Å². The summed E-state index contributed by atoms with van der Waals surface area (Å²) < 4.78 is 11.1. The number of hydrogen-bond acceptors (Lipinski definition) is 4. The molecule has 17 heavy (non-hydrogen) atoms. The highest BCUT2D eigenvalue weighted by Crippen LogP contribution is 2.34. The average Bonchev–Trinajstić information content (AvgIpc) is 2.75. The molecular formula is C13H17NO2S. The van der Waals surface area contributed by atoms with Crippen molar-refractivity contribution in [2.24, 2.45) is 0 Å². The summed E-state index contributed by atoms with van der Waals surface area (Å²) in [6, 6.07) is 6.68. The van der Waals surface area contributed by atoms with E-state index in [1.807, 2.05) is 23.9 Å². The fraction of sp³-hybridized carbons (Fsp3) is 0.538. The minimum atomic E-state index is 0.581. The lowest BCUT2D eigenvalue weighted by atomic mass is 10.2. The zero-order valence-corrected chi connectivity index (χ0v) is 10.8. The summed E-state index contributed by atoms with van der Waals surface area (Å²) in [5.74, 6) is 2.91. The molecule has 4 heteroatoms. The minimum absolute atomic E-state index is 0.581. The van der Waals surface area contributed by atoms with Crippen LogP contribution in [0.15, 0.2) is 18.2 Å². The van der Waals surface area contributed by atoms with Gasteiger partial charge in [0.15, 0.2) is 11.5 Å². The summed E-state index contributed by atoms with van der Waals surface area (Å²) in [4.78, 5) is 0. The van der Waals surface area contributed by atoms with Gasteiger partial charge in [0.2, 0.25) is 0 Å². The summed E-state index contributed by atoms with van der Waals surface area (Å²) in [5.41, 5.74) is 1.13. The lowest BCUT2D eigenvalue weighted by molar-refractivity contribution is 0.171. The van der Waals surface area contributed by atoms with E-state index in [1.165, 1.54) is 12.2 Å². The zero-order valence-electron chi connectivity index (χ0n) is 9.94. The monoisotopic (exact) mass is 251 g/mol. The Balaban J connectivity index is 1.71. The topological polar surface area (TPSA) is 30.5 Å².